The summed E-state index contributed by atoms with van der Waals surface area (Å²) in [5, 5.41) is 10.7. The molecule has 0 saturated carbocycles. The number of rotatable bonds is 3. The van der Waals surface area contributed by atoms with Crippen LogP contribution in [0.25, 0.3) is 0 Å². The monoisotopic (exact) mass is 203 g/mol. The Morgan fingerprint density at radius 1 is 1.62 bits per heavy atom. The van der Waals surface area contributed by atoms with Gasteiger partial charge in [-0.1, -0.05) is 17.7 Å². The van der Waals surface area contributed by atoms with E-state index in [0.29, 0.717) is 0 Å². The number of hydrogen-bond acceptors (Lipinski definition) is 2. The predicted molar refractivity (Wildman–Crippen MR) is 47.5 cm³/mol. The molecule has 0 spiro atoms. The first-order valence-electron chi connectivity index (χ1n) is 3.51. The summed E-state index contributed by atoms with van der Waals surface area (Å²) in [6, 6.07) is 4.35. The maximum absolute atomic E-state index is 13.1. The highest BCUT2D eigenvalue weighted by atomic mass is 35.5. The van der Waals surface area contributed by atoms with Crippen molar-refractivity contribution in [2.24, 2.45) is 0 Å². The molecular formula is C8H7ClFNO2. The fourth-order valence-corrected chi connectivity index (χ4v) is 0.986. The number of aliphatic carboxylic acids is 1. The lowest BCUT2D eigenvalue weighted by molar-refractivity contribution is -0.134. The number of anilines is 1. The third-order valence-electron chi connectivity index (χ3n) is 1.38. The molecule has 0 aliphatic rings. The third-order valence-corrected chi connectivity index (χ3v) is 1.67. The maximum atomic E-state index is 13.1. The molecular weight excluding hydrogens is 197 g/mol. The lowest BCUT2D eigenvalue weighted by atomic mass is 10.3. The molecule has 0 aliphatic carbocycles. The minimum absolute atomic E-state index is 0.0320. The van der Waals surface area contributed by atoms with Crippen molar-refractivity contribution in [3.8, 4) is 0 Å². The molecule has 3 nitrogen and oxygen atoms in total. The van der Waals surface area contributed by atoms with Crippen molar-refractivity contribution in [2.45, 2.75) is 0 Å². The molecule has 0 unspecified atom stereocenters. The summed E-state index contributed by atoms with van der Waals surface area (Å²) in [5.41, 5.74) is 0.0925. The molecule has 1 aromatic carbocycles. The van der Waals surface area contributed by atoms with Gasteiger partial charge >= 0.3 is 5.97 Å². The van der Waals surface area contributed by atoms with Gasteiger partial charge in [0.25, 0.3) is 0 Å². The largest absolute Gasteiger partial charge is 0.480 e. The van der Waals surface area contributed by atoms with Crippen molar-refractivity contribution in [3.05, 3.63) is 29.0 Å². The van der Waals surface area contributed by atoms with Gasteiger partial charge in [0.1, 0.15) is 6.54 Å². The molecule has 0 heterocycles. The number of halogens is 2. The van der Waals surface area contributed by atoms with Gasteiger partial charge < -0.3 is 10.4 Å². The van der Waals surface area contributed by atoms with E-state index in [1.807, 2.05) is 0 Å². The van der Waals surface area contributed by atoms with Gasteiger partial charge in [-0.2, -0.15) is 0 Å². The zero-order chi connectivity index (χ0) is 9.84. The van der Waals surface area contributed by atoms with Gasteiger partial charge in [0.05, 0.1) is 10.7 Å². The Kier molecular flexibility index (Phi) is 3.08. The van der Waals surface area contributed by atoms with E-state index in [0.717, 1.165) is 0 Å². The van der Waals surface area contributed by atoms with Gasteiger partial charge in [-0.25, -0.2) is 4.39 Å². The van der Waals surface area contributed by atoms with Crippen LogP contribution in [0, 0.1) is 5.82 Å². The maximum Gasteiger partial charge on any atom is 0.322 e. The average molecular weight is 204 g/mol. The first kappa shape index (κ1) is 9.80. The van der Waals surface area contributed by atoms with Crippen molar-refractivity contribution >= 4 is 23.3 Å². The van der Waals surface area contributed by atoms with Crippen LogP contribution in [0.4, 0.5) is 10.1 Å². The van der Waals surface area contributed by atoms with Gasteiger partial charge in [-0.15, -0.1) is 0 Å². The Hall–Kier alpha value is -1.29. The Balaban J connectivity index is 2.77. The smallest absolute Gasteiger partial charge is 0.322 e. The summed E-state index contributed by atoms with van der Waals surface area (Å²) in [6.45, 7) is -0.336. The standard InChI is InChI=1S/C8H7ClFNO2/c9-5-2-1-3-6(8(5)10)11-4-7(12)13/h1-3,11H,4H2,(H,12,13). The van der Waals surface area contributed by atoms with Gasteiger partial charge in [-0.3, -0.25) is 4.79 Å². The SMILES string of the molecule is O=C(O)CNc1cccc(Cl)c1F. The molecule has 0 atom stereocenters. The van der Waals surface area contributed by atoms with Crippen LogP contribution in [0.5, 0.6) is 0 Å². The number of nitrogens with one attached hydrogen (secondary N) is 1. The predicted octanol–water partition coefficient (Wildman–Crippen LogP) is 1.98. The Bertz CT molecular complexity index is 330. The summed E-state index contributed by atoms with van der Waals surface area (Å²) in [4.78, 5) is 10.2. The first-order valence-corrected chi connectivity index (χ1v) is 3.88. The van der Waals surface area contributed by atoms with Crippen LogP contribution >= 0.6 is 11.6 Å². The highest BCUT2D eigenvalue weighted by Gasteiger charge is 2.06. The molecule has 0 amide bonds. The summed E-state index contributed by atoms with van der Waals surface area (Å²) in [7, 11) is 0. The fraction of sp³-hybridized carbons (Fsp3) is 0.125. The van der Waals surface area contributed by atoms with Crippen molar-refractivity contribution in [3.63, 3.8) is 0 Å². The normalized spacial score (nSPS) is 9.69. The van der Waals surface area contributed by atoms with Gasteiger partial charge in [0, 0.05) is 0 Å². The lowest BCUT2D eigenvalue weighted by Crippen LogP contribution is -2.13. The summed E-state index contributed by atoms with van der Waals surface area (Å²) in [6.07, 6.45) is 0. The van der Waals surface area contributed by atoms with Crippen LogP contribution in [0.15, 0.2) is 18.2 Å². The van der Waals surface area contributed by atoms with Crippen LogP contribution in [-0.2, 0) is 4.79 Å². The molecule has 0 saturated heterocycles. The molecule has 2 N–H and O–H groups in total. The van der Waals surface area contributed by atoms with Crippen LogP contribution in [0.2, 0.25) is 5.02 Å². The quantitative estimate of drug-likeness (QED) is 0.790. The van der Waals surface area contributed by atoms with Crippen molar-refractivity contribution < 1.29 is 14.3 Å². The second-order valence-electron chi connectivity index (χ2n) is 2.35. The molecule has 0 aliphatic heterocycles. The second kappa shape index (κ2) is 4.09. The first-order chi connectivity index (χ1) is 6.11. The highest BCUT2D eigenvalue weighted by molar-refractivity contribution is 6.31. The van der Waals surface area contributed by atoms with Crippen LogP contribution < -0.4 is 5.32 Å². The van der Waals surface area contributed by atoms with E-state index in [9.17, 15) is 9.18 Å². The zero-order valence-corrected chi connectivity index (χ0v) is 7.31. The summed E-state index contributed by atoms with van der Waals surface area (Å²) >= 11 is 5.47. The average Bonchev–Trinajstić information content (AvgIpc) is 2.07. The van der Waals surface area contributed by atoms with E-state index in [1.54, 1.807) is 0 Å². The number of benzene rings is 1. The van der Waals surface area contributed by atoms with E-state index < -0.39 is 11.8 Å². The number of carboxylic acids is 1. The van der Waals surface area contributed by atoms with Gasteiger partial charge in [0.2, 0.25) is 0 Å². The van der Waals surface area contributed by atoms with Crippen LogP contribution in [0.1, 0.15) is 0 Å². The number of carboxylic acid groups (broad SMARTS) is 1. The van der Waals surface area contributed by atoms with Gasteiger partial charge in [0.15, 0.2) is 5.82 Å². The fourth-order valence-electron chi connectivity index (χ4n) is 0.811. The molecule has 0 bridgehead atoms. The molecule has 0 aromatic heterocycles. The molecule has 13 heavy (non-hydrogen) atoms. The summed E-state index contributed by atoms with van der Waals surface area (Å²) in [5.74, 6) is -1.69. The van der Waals surface area contributed by atoms with Crippen molar-refractivity contribution in [1.82, 2.24) is 0 Å². The topological polar surface area (TPSA) is 49.3 Å². The Labute approximate surface area is 79.1 Å². The minimum Gasteiger partial charge on any atom is -0.480 e. The van der Waals surface area contributed by atoms with Gasteiger partial charge in [-0.05, 0) is 12.1 Å². The van der Waals surface area contributed by atoms with Crippen molar-refractivity contribution in [1.29, 1.82) is 0 Å². The Morgan fingerprint density at radius 2 is 2.31 bits per heavy atom. The van der Waals surface area contributed by atoms with E-state index >= 15 is 0 Å². The van der Waals surface area contributed by atoms with E-state index in [4.69, 9.17) is 16.7 Å². The highest BCUT2D eigenvalue weighted by Crippen LogP contribution is 2.21. The van der Waals surface area contributed by atoms with Crippen LogP contribution in [-0.4, -0.2) is 17.6 Å². The van der Waals surface area contributed by atoms with E-state index in [-0.39, 0.29) is 17.3 Å². The third kappa shape index (κ3) is 2.59. The number of hydrogen-bond donors (Lipinski definition) is 2. The minimum atomic E-state index is -1.06. The van der Waals surface area contributed by atoms with Crippen molar-refractivity contribution in [2.75, 3.05) is 11.9 Å². The molecule has 1 aromatic rings. The zero-order valence-electron chi connectivity index (χ0n) is 6.55. The number of carbonyl (C=O) groups is 1. The second-order valence-corrected chi connectivity index (χ2v) is 2.76. The molecule has 0 radical (unpaired) electrons. The lowest BCUT2D eigenvalue weighted by Gasteiger charge is -2.04. The van der Waals surface area contributed by atoms with E-state index in [1.165, 1.54) is 18.2 Å². The Morgan fingerprint density at radius 3 is 2.92 bits per heavy atom. The van der Waals surface area contributed by atoms with E-state index in [2.05, 4.69) is 5.32 Å². The molecule has 1 rings (SSSR count). The summed E-state index contributed by atoms with van der Waals surface area (Å²) < 4.78 is 13.1. The van der Waals surface area contributed by atoms with Crippen LogP contribution in [0.3, 0.4) is 0 Å². The molecule has 70 valence electrons. The molecule has 5 heteroatoms. The molecule has 0 fully saturated rings.